The van der Waals surface area contributed by atoms with Crippen LogP contribution in [0.3, 0.4) is 0 Å². The van der Waals surface area contributed by atoms with Crippen LogP contribution in [0.2, 0.25) is 0 Å². The van der Waals surface area contributed by atoms with Crippen molar-refractivity contribution < 1.29 is 22.8 Å². The lowest BCUT2D eigenvalue weighted by molar-refractivity contribution is -0.141. The highest BCUT2D eigenvalue weighted by molar-refractivity contribution is 7.90. The first-order valence-electron chi connectivity index (χ1n) is 12.5. The number of carbonyl (C=O) groups excluding carboxylic acids is 3. The largest absolute Gasteiger partial charge is 0.352 e. The molecule has 2 aromatic carbocycles. The van der Waals surface area contributed by atoms with E-state index in [0.29, 0.717) is 0 Å². The highest BCUT2D eigenvalue weighted by Gasteiger charge is 2.40. The fraction of sp³-hybridized carbons (Fsp3) is 0.444. The van der Waals surface area contributed by atoms with Crippen molar-refractivity contribution in [3.63, 3.8) is 0 Å². The van der Waals surface area contributed by atoms with Crippen molar-refractivity contribution in [1.82, 2.24) is 14.5 Å². The number of nitrogens with one attached hydrogen (secondary N) is 1. The van der Waals surface area contributed by atoms with Crippen LogP contribution < -0.4 is 5.32 Å². The summed E-state index contributed by atoms with van der Waals surface area (Å²) in [5.74, 6) is -1.01. The summed E-state index contributed by atoms with van der Waals surface area (Å²) >= 11 is 0. The van der Waals surface area contributed by atoms with Crippen LogP contribution >= 0.6 is 0 Å². The van der Waals surface area contributed by atoms with Gasteiger partial charge in [0.05, 0.1) is 5.56 Å². The highest BCUT2D eigenvalue weighted by atomic mass is 32.2. The van der Waals surface area contributed by atoms with Crippen LogP contribution in [0.5, 0.6) is 0 Å². The Balaban J connectivity index is 1.44. The minimum Gasteiger partial charge on any atom is -0.352 e. The first kappa shape index (κ1) is 25.9. The molecule has 2 aromatic rings. The van der Waals surface area contributed by atoms with Gasteiger partial charge in [-0.3, -0.25) is 14.4 Å². The van der Waals surface area contributed by atoms with E-state index in [2.05, 4.69) is 5.32 Å². The molecule has 9 heteroatoms. The number of sulfonamides is 1. The molecule has 8 nitrogen and oxygen atoms in total. The summed E-state index contributed by atoms with van der Waals surface area (Å²) in [5.41, 5.74) is 2.12. The Morgan fingerprint density at radius 2 is 1.83 bits per heavy atom. The number of hydrogen-bond acceptors (Lipinski definition) is 5. The number of aryl methyl sites for hydroxylation is 1. The molecule has 0 aromatic heterocycles. The second-order valence-electron chi connectivity index (χ2n) is 9.66. The molecule has 2 aliphatic rings. The van der Waals surface area contributed by atoms with Gasteiger partial charge in [0.2, 0.25) is 11.8 Å². The molecule has 1 N–H and O–H groups in total. The number of amides is 3. The summed E-state index contributed by atoms with van der Waals surface area (Å²) in [6.45, 7) is 3.87. The summed E-state index contributed by atoms with van der Waals surface area (Å²) < 4.78 is 26.4. The third-order valence-corrected chi connectivity index (χ3v) is 8.81. The van der Waals surface area contributed by atoms with E-state index in [9.17, 15) is 22.8 Å². The van der Waals surface area contributed by atoms with Gasteiger partial charge in [-0.25, -0.2) is 12.7 Å². The van der Waals surface area contributed by atoms with E-state index in [0.717, 1.165) is 41.1 Å². The van der Waals surface area contributed by atoms with Gasteiger partial charge in [0.15, 0.2) is 0 Å². The summed E-state index contributed by atoms with van der Waals surface area (Å²) in [7, 11) is -3.92. The molecule has 1 aliphatic carbocycles. The van der Waals surface area contributed by atoms with Gasteiger partial charge in [0.25, 0.3) is 15.9 Å². The van der Waals surface area contributed by atoms with Gasteiger partial charge in [-0.15, -0.1) is 0 Å². The average molecular weight is 512 g/mol. The zero-order valence-corrected chi connectivity index (χ0v) is 21.6. The summed E-state index contributed by atoms with van der Waals surface area (Å²) in [6, 6.07) is 13.4. The van der Waals surface area contributed by atoms with E-state index in [1.165, 1.54) is 12.1 Å². The smallest absolute Gasteiger partial charge is 0.269 e. The Morgan fingerprint density at radius 3 is 2.53 bits per heavy atom. The Kier molecular flexibility index (Phi) is 7.78. The molecule has 0 bridgehead atoms. The van der Waals surface area contributed by atoms with Gasteiger partial charge in [-0.1, -0.05) is 54.8 Å². The lowest BCUT2D eigenvalue weighted by atomic mass is 10.1. The van der Waals surface area contributed by atoms with Crippen LogP contribution in [-0.4, -0.2) is 54.0 Å². The van der Waals surface area contributed by atoms with Crippen LogP contribution in [0.15, 0.2) is 53.4 Å². The van der Waals surface area contributed by atoms with Crippen LogP contribution in [0.1, 0.15) is 66.9 Å². The number of fused-ring (bicyclic) bond motifs is 1. The molecule has 0 spiro atoms. The van der Waals surface area contributed by atoms with Crippen molar-refractivity contribution in [3.8, 4) is 0 Å². The van der Waals surface area contributed by atoms with E-state index in [1.54, 1.807) is 24.0 Å². The molecule has 1 atom stereocenters. The Morgan fingerprint density at radius 1 is 1.11 bits per heavy atom. The SMILES string of the molecule is Cc1cccc(CN(C(=O)CCCN2C(=O)c3ccccc3S2(=O)=O)[C@H](C)C(=O)NC2CCCC2)c1. The van der Waals surface area contributed by atoms with Gasteiger partial charge >= 0.3 is 0 Å². The summed E-state index contributed by atoms with van der Waals surface area (Å²) in [4.78, 5) is 40.6. The van der Waals surface area contributed by atoms with Gasteiger partial charge < -0.3 is 10.2 Å². The van der Waals surface area contributed by atoms with Crippen molar-refractivity contribution in [3.05, 3.63) is 65.2 Å². The third kappa shape index (κ3) is 5.46. The second kappa shape index (κ2) is 10.8. The maximum Gasteiger partial charge on any atom is 0.269 e. The maximum absolute atomic E-state index is 13.3. The molecule has 192 valence electrons. The lowest BCUT2D eigenvalue weighted by Crippen LogP contribution is -2.49. The zero-order valence-electron chi connectivity index (χ0n) is 20.8. The molecule has 0 unspecified atom stereocenters. The maximum atomic E-state index is 13.3. The predicted octanol–water partition coefficient (Wildman–Crippen LogP) is 3.40. The van der Waals surface area contributed by atoms with E-state index in [4.69, 9.17) is 0 Å². The molecular weight excluding hydrogens is 478 g/mol. The zero-order chi connectivity index (χ0) is 25.9. The molecule has 4 rings (SSSR count). The van der Waals surface area contributed by atoms with Crippen LogP contribution in [0.25, 0.3) is 0 Å². The van der Waals surface area contributed by atoms with Gasteiger partial charge in [0, 0.05) is 25.6 Å². The quantitative estimate of drug-likeness (QED) is 0.556. The Hall–Kier alpha value is -3.20. The molecule has 1 saturated carbocycles. The predicted molar refractivity (Wildman–Crippen MR) is 135 cm³/mol. The summed E-state index contributed by atoms with van der Waals surface area (Å²) in [5, 5.41) is 3.07. The second-order valence-corrected chi connectivity index (χ2v) is 11.5. The summed E-state index contributed by atoms with van der Waals surface area (Å²) in [6.07, 6.45) is 4.26. The van der Waals surface area contributed by atoms with E-state index < -0.39 is 22.0 Å². The fourth-order valence-corrected chi connectivity index (χ4v) is 6.56. The topological polar surface area (TPSA) is 104 Å². The molecule has 0 radical (unpaired) electrons. The molecule has 1 aliphatic heterocycles. The fourth-order valence-electron chi connectivity index (χ4n) is 4.95. The first-order valence-corrected chi connectivity index (χ1v) is 13.9. The lowest BCUT2D eigenvalue weighted by Gasteiger charge is -2.30. The average Bonchev–Trinajstić information content (AvgIpc) is 3.43. The van der Waals surface area contributed by atoms with Crippen LogP contribution in [-0.2, 0) is 26.2 Å². The molecule has 1 heterocycles. The molecule has 1 fully saturated rings. The number of rotatable bonds is 9. The standard InChI is InChI=1S/C27H33N3O5S/c1-19-9-7-10-21(17-19)18-29(20(2)26(32)28-22-11-3-4-12-22)25(31)15-8-16-30-27(33)23-13-5-6-14-24(23)36(30,34)35/h5-7,9-10,13-14,17,20,22H,3-4,8,11-12,15-16,18H2,1-2H3,(H,28,32)/t20-/m1/s1. The number of benzene rings is 2. The first-order chi connectivity index (χ1) is 17.2. The van der Waals surface area contributed by atoms with Gasteiger partial charge in [-0.2, -0.15) is 0 Å². The molecule has 36 heavy (non-hydrogen) atoms. The van der Waals surface area contributed by atoms with Crippen molar-refractivity contribution in [2.24, 2.45) is 0 Å². The molecule has 0 saturated heterocycles. The molecule has 3 amide bonds. The van der Waals surface area contributed by atoms with Gasteiger partial charge in [0.1, 0.15) is 10.9 Å². The van der Waals surface area contributed by atoms with Crippen molar-refractivity contribution >= 4 is 27.7 Å². The monoisotopic (exact) mass is 511 g/mol. The van der Waals surface area contributed by atoms with E-state index in [-0.39, 0.29) is 54.2 Å². The van der Waals surface area contributed by atoms with E-state index >= 15 is 0 Å². The van der Waals surface area contributed by atoms with Crippen LogP contribution in [0.4, 0.5) is 0 Å². The highest BCUT2D eigenvalue weighted by Crippen LogP contribution is 2.30. The van der Waals surface area contributed by atoms with Crippen LogP contribution in [0, 0.1) is 6.92 Å². The Bertz CT molecular complexity index is 1250. The number of nitrogens with zero attached hydrogens (tertiary/aromatic N) is 2. The van der Waals surface area contributed by atoms with E-state index in [1.807, 2.05) is 31.2 Å². The number of hydrogen-bond donors (Lipinski definition) is 1. The molecular formula is C27H33N3O5S. The third-order valence-electron chi connectivity index (χ3n) is 6.97. The van der Waals surface area contributed by atoms with Crippen molar-refractivity contribution in [1.29, 1.82) is 0 Å². The minimum atomic E-state index is -3.92. The van der Waals surface area contributed by atoms with Crippen molar-refractivity contribution in [2.45, 2.75) is 75.9 Å². The minimum absolute atomic E-state index is 0.000364. The number of carbonyl (C=O) groups is 3. The van der Waals surface area contributed by atoms with Gasteiger partial charge in [-0.05, 0) is 50.8 Å². The normalized spacial score (nSPS) is 17.6. The Labute approximate surface area is 212 Å². The van der Waals surface area contributed by atoms with Crippen molar-refractivity contribution in [2.75, 3.05) is 6.54 Å².